The van der Waals surface area contributed by atoms with Crippen molar-refractivity contribution < 1.29 is 4.79 Å². The van der Waals surface area contributed by atoms with E-state index in [0.29, 0.717) is 23.5 Å². The summed E-state index contributed by atoms with van der Waals surface area (Å²) in [5, 5.41) is 4.87. The fourth-order valence-corrected chi connectivity index (χ4v) is 3.56. The van der Waals surface area contributed by atoms with Crippen LogP contribution in [0.3, 0.4) is 0 Å². The maximum atomic E-state index is 12.1. The number of aromatic amines is 1. The molecule has 2 atom stereocenters. The van der Waals surface area contributed by atoms with Crippen LogP contribution in [0, 0.1) is 5.92 Å². The van der Waals surface area contributed by atoms with Crippen LogP contribution < -0.4 is 16.2 Å². The molecule has 1 fully saturated rings. The number of para-hydroxylation sites is 1. The van der Waals surface area contributed by atoms with Crippen molar-refractivity contribution >= 4 is 34.1 Å². The minimum absolute atomic E-state index is 0.111. The van der Waals surface area contributed by atoms with Gasteiger partial charge in [-0.05, 0) is 42.6 Å². The number of carbonyl (C=O) groups is 1. The number of H-pyrrole nitrogens is 1. The highest BCUT2D eigenvalue weighted by molar-refractivity contribution is 7.80. The van der Waals surface area contributed by atoms with Crippen molar-refractivity contribution in [3.8, 4) is 0 Å². The summed E-state index contributed by atoms with van der Waals surface area (Å²) in [6, 6.07) is 8.35. The Balaban J connectivity index is 1.47. The number of benzene rings is 1. The zero-order valence-electron chi connectivity index (χ0n) is 13.9. The summed E-state index contributed by atoms with van der Waals surface area (Å²) < 4.78 is 0. The molecule has 128 valence electrons. The van der Waals surface area contributed by atoms with E-state index in [9.17, 15) is 4.79 Å². The zero-order chi connectivity index (χ0) is 16.9. The number of nitrogens with one attached hydrogen (secondary N) is 4. The number of carbonyl (C=O) groups excluding carboxylic acids is 1. The highest BCUT2D eigenvalue weighted by Gasteiger charge is 2.21. The van der Waals surface area contributed by atoms with Crippen LogP contribution in [0.15, 0.2) is 30.5 Å². The van der Waals surface area contributed by atoms with E-state index < -0.39 is 0 Å². The predicted molar refractivity (Wildman–Crippen MR) is 100 cm³/mol. The van der Waals surface area contributed by atoms with Crippen molar-refractivity contribution in [2.24, 2.45) is 5.92 Å². The van der Waals surface area contributed by atoms with Crippen LogP contribution in [-0.4, -0.2) is 22.0 Å². The number of amides is 1. The summed E-state index contributed by atoms with van der Waals surface area (Å²) in [5.41, 5.74) is 7.52. The van der Waals surface area contributed by atoms with Crippen molar-refractivity contribution in [1.82, 2.24) is 21.2 Å². The molecule has 1 heterocycles. The lowest BCUT2D eigenvalue weighted by atomic mass is 9.86. The van der Waals surface area contributed by atoms with Crippen molar-refractivity contribution in [2.75, 3.05) is 0 Å². The van der Waals surface area contributed by atoms with Gasteiger partial charge >= 0.3 is 0 Å². The fourth-order valence-electron chi connectivity index (χ4n) is 3.36. The summed E-state index contributed by atoms with van der Waals surface area (Å²) in [4.78, 5) is 15.3. The van der Waals surface area contributed by atoms with Gasteiger partial charge in [0.2, 0.25) is 5.91 Å². The van der Waals surface area contributed by atoms with Crippen molar-refractivity contribution in [1.29, 1.82) is 0 Å². The van der Waals surface area contributed by atoms with Gasteiger partial charge in [-0.2, -0.15) is 0 Å². The Morgan fingerprint density at radius 1 is 1.25 bits per heavy atom. The van der Waals surface area contributed by atoms with E-state index in [2.05, 4.69) is 28.1 Å². The highest BCUT2D eigenvalue weighted by atomic mass is 32.1. The molecule has 0 unspecified atom stereocenters. The minimum atomic E-state index is -0.111. The molecular formula is C18H24N4OS. The molecule has 24 heavy (non-hydrogen) atoms. The largest absolute Gasteiger partial charge is 0.361 e. The monoisotopic (exact) mass is 344 g/mol. The summed E-state index contributed by atoms with van der Waals surface area (Å²) in [7, 11) is 0. The summed E-state index contributed by atoms with van der Waals surface area (Å²) in [6.07, 6.45) is 7.07. The molecule has 4 N–H and O–H groups in total. The molecule has 0 bridgehead atoms. The molecule has 0 saturated heterocycles. The van der Waals surface area contributed by atoms with Crippen LogP contribution >= 0.6 is 12.2 Å². The molecule has 1 aliphatic carbocycles. The quantitative estimate of drug-likeness (QED) is 0.510. The molecule has 1 aromatic carbocycles. The number of rotatable bonds is 3. The van der Waals surface area contributed by atoms with Gasteiger partial charge in [-0.25, -0.2) is 0 Å². The van der Waals surface area contributed by atoms with Crippen LogP contribution in [-0.2, 0) is 11.2 Å². The maximum absolute atomic E-state index is 12.1. The molecule has 5 nitrogen and oxygen atoms in total. The van der Waals surface area contributed by atoms with Crippen molar-refractivity contribution in [3.05, 3.63) is 36.0 Å². The lowest BCUT2D eigenvalue weighted by molar-refractivity contribution is -0.121. The molecule has 0 spiro atoms. The van der Waals surface area contributed by atoms with Gasteiger partial charge in [0.1, 0.15) is 0 Å². The third-order valence-electron chi connectivity index (χ3n) is 4.77. The Morgan fingerprint density at radius 3 is 2.88 bits per heavy atom. The van der Waals surface area contributed by atoms with Crippen molar-refractivity contribution in [2.45, 2.75) is 45.1 Å². The first kappa shape index (κ1) is 16.8. The zero-order valence-corrected chi connectivity index (χ0v) is 14.7. The topological polar surface area (TPSA) is 68.9 Å². The summed E-state index contributed by atoms with van der Waals surface area (Å²) in [5.74, 6) is 0.501. The Kier molecular flexibility index (Phi) is 5.35. The standard InChI is InChI=1S/C18H24N4OS/c1-12-6-2-4-8-15(12)20-18(24)22-21-17(23)10-13-11-19-16-9-5-3-7-14(13)16/h3,5,7,9,11-12,15,19H,2,4,6,8,10H2,1H3,(H,21,23)(H2,20,22,24)/t12-,15-/m0/s1. The van der Waals surface area contributed by atoms with E-state index in [-0.39, 0.29) is 5.91 Å². The number of aromatic nitrogens is 1. The number of fused-ring (bicyclic) bond motifs is 1. The van der Waals surface area contributed by atoms with E-state index in [1.807, 2.05) is 30.5 Å². The Bertz CT molecular complexity index is 727. The second-order valence-corrected chi connectivity index (χ2v) is 6.96. The third-order valence-corrected chi connectivity index (χ3v) is 4.99. The van der Waals surface area contributed by atoms with Gasteiger partial charge in [-0.15, -0.1) is 0 Å². The molecule has 0 radical (unpaired) electrons. The lowest BCUT2D eigenvalue weighted by Crippen LogP contribution is -2.51. The van der Waals surface area contributed by atoms with E-state index >= 15 is 0 Å². The van der Waals surface area contributed by atoms with Crippen LogP contribution in [0.1, 0.15) is 38.2 Å². The minimum Gasteiger partial charge on any atom is -0.361 e. The van der Waals surface area contributed by atoms with E-state index in [4.69, 9.17) is 12.2 Å². The molecule has 0 aliphatic heterocycles. The Hall–Kier alpha value is -2.08. The molecule has 1 saturated carbocycles. The van der Waals surface area contributed by atoms with Gasteiger partial charge in [0, 0.05) is 23.1 Å². The van der Waals surface area contributed by atoms with E-state index in [0.717, 1.165) is 22.9 Å². The van der Waals surface area contributed by atoms with Crippen molar-refractivity contribution in [3.63, 3.8) is 0 Å². The van der Waals surface area contributed by atoms with E-state index in [1.165, 1.54) is 19.3 Å². The first-order valence-electron chi connectivity index (χ1n) is 8.54. The van der Waals surface area contributed by atoms with Crippen LogP contribution in [0.5, 0.6) is 0 Å². The van der Waals surface area contributed by atoms with Gasteiger partial charge in [-0.1, -0.05) is 38.0 Å². The molecule has 1 amide bonds. The van der Waals surface area contributed by atoms with Gasteiger partial charge in [0.25, 0.3) is 0 Å². The smallest absolute Gasteiger partial charge is 0.242 e. The van der Waals surface area contributed by atoms with Gasteiger partial charge in [0.05, 0.1) is 6.42 Å². The average molecular weight is 344 g/mol. The second kappa shape index (κ2) is 7.66. The SMILES string of the molecule is C[C@H]1CCCC[C@@H]1NC(=S)NNC(=O)Cc1c[nH]c2ccccc12. The molecule has 6 heteroatoms. The molecule has 1 aromatic heterocycles. The number of hydrogen-bond donors (Lipinski definition) is 4. The molecule has 3 rings (SSSR count). The number of thiocarbonyl (C=S) groups is 1. The van der Waals surface area contributed by atoms with Gasteiger partial charge in [-0.3, -0.25) is 15.6 Å². The van der Waals surface area contributed by atoms with Gasteiger partial charge in [0.15, 0.2) is 5.11 Å². The molecule has 1 aliphatic rings. The number of hydrazine groups is 1. The fraction of sp³-hybridized carbons (Fsp3) is 0.444. The van der Waals surface area contributed by atoms with Gasteiger partial charge < -0.3 is 10.3 Å². The predicted octanol–water partition coefficient (Wildman–Crippen LogP) is 2.78. The number of hydrogen-bond acceptors (Lipinski definition) is 2. The summed E-state index contributed by atoms with van der Waals surface area (Å²) in [6.45, 7) is 2.25. The lowest BCUT2D eigenvalue weighted by Gasteiger charge is -2.30. The van der Waals surface area contributed by atoms with Crippen LogP contribution in [0.4, 0.5) is 0 Å². The first-order chi connectivity index (χ1) is 11.6. The first-order valence-corrected chi connectivity index (χ1v) is 8.94. The third kappa shape index (κ3) is 4.06. The average Bonchev–Trinajstić information content (AvgIpc) is 2.98. The Morgan fingerprint density at radius 2 is 2.04 bits per heavy atom. The normalized spacial score (nSPS) is 20.5. The molecule has 2 aromatic rings. The van der Waals surface area contributed by atoms with Crippen LogP contribution in [0.2, 0.25) is 0 Å². The maximum Gasteiger partial charge on any atom is 0.242 e. The Labute approximate surface area is 147 Å². The van der Waals surface area contributed by atoms with E-state index in [1.54, 1.807) is 0 Å². The second-order valence-electron chi connectivity index (χ2n) is 6.55. The van der Waals surface area contributed by atoms with Crippen LogP contribution in [0.25, 0.3) is 10.9 Å². The highest BCUT2D eigenvalue weighted by Crippen LogP contribution is 2.23. The molecular weight excluding hydrogens is 320 g/mol. The summed E-state index contributed by atoms with van der Waals surface area (Å²) >= 11 is 5.29.